The van der Waals surface area contributed by atoms with Crippen molar-refractivity contribution >= 4 is 17.2 Å². The number of hydrogen-bond acceptors (Lipinski definition) is 6. The number of piperidine rings is 1. The summed E-state index contributed by atoms with van der Waals surface area (Å²) in [6, 6.07) is 18.1. The van der Waals surface area contributed by atoms with E-state index in [0.717, 1.165) is 83.4 Å². The van der Waals surface area contributed by atoms with E-state index in [0.29, 0.717) is 5.92 Å². The van der Waals surface area contributed by atoms with Crippen LogP contribution in [0.5, 0.6) is 5.75 Å². The van der Waals surface area contributed by atoms with Crippen LogP contribution in [0.4, 0.5) is 0 Å². The van der Waals surface area contributed by atoms with Gasteiger partial charge in [-0.05, 0) is 50.3 Å². The lowest BCUT2D eigenvalue weighted by atomic mass is 9.91. The molecule has 1 saturated carbocycles. The Bertz CT molecular complexity index is 1360. The predicted molar refractivity (Wildman–Crippen MR) is 140 cm³/mol. The number of amides is 1. The van der Waals surface area contributed by atoms with E-state index in [1.807, 2.05) is 61.5 Å². The van der Waals surface area contributed by atoms with Gasteiger partial charge >= 0.3 is 0 Å². The van der Waals surface area contributed by atoms with Crippen LogP contribution in [0.2, 0.25) is 0 Å². The van der Waals surface area contributed by atoms with Gasteiger partial charge in [0.1, 0.15) is 17.2 Å². The van der Waals surface area contributed by atoms with Gasteiger partial charge in [0.05, 0.1) is 28.8 Å². The number of methoxy groups -OCH3 is 1. The van der Waals surface area contributed by atoms with Gasteiger partial charge in [0, 0.05) is 30.0 Å². The lowest BCUT2D eigenvalue weighted by Crippen LogP contribution is -2.43. The van der Waals surface area contributed by atoms with E-state index >= 15 is 0 Å². The van der Waals surface area contributed by atoms with E-state index in [1.165, 1.54) is 0 Å². The molecule has 1 saturated heterocycles. The van der Waals surface area contributed by atoms with Gasteiger partial charge in [-0.25, -0.2) is 4.98 Å². The molecule has 0 radical (unpaired) electrons. The van der Waals surface area contributed by atoms with Crippen LogP contribution in [0.1, 0.15) is 47.9 Å². The van der Waals surface area contributed by atoms with Crippen LogP contribution in [0.3, 0.4) is 0 Å². The Morgan fingerprint density at radius 2 is 1.81 bits per heavy atom. The van der Waals surface area contributed by atoms with Crippen molar-refractivity contribution in [1.82, 2.24) is 15.0 Å². The molecule has 0 atom stereocenters. The minimum Gasteiger partial charge on any atom is -0.497 e. The molecule has 1 aliphatic carbocycles. The van der Waals surface area contributed by atoms with Crippen LogP contribution in [0.25, 0.3) is 22.5 Å². The molecule has 2 fully saturated rings. The molecule has 2 aromatic carbocycles. The first-order valence-corrected chi connectivity index (χ1v) is 13.4. The van der Waals surface area contributed by atoms with Crippen LogP contribution in [-0.2, 0) is 10.2 Å². The van der Waals surface area contributed by atoms with Crippen molar-refractivity contribution in [3.05, 3.63) is 76.3 Å². The maximum Gasteiger partial charge on any atom is 0.233 e. The van der Waals surface area contributed by atoms with Gasteiger partial charge in [0.25, 0.3) is 0 Å². The van der Waals surface area contributed by atoms with Crippen LogP contribution in [-0.4, -0.2) is 41.1 Å². The van der Waals surface area contributed by atoms with Crippen molar-refractivity contribution < 1.29 is 14.1 Å². The number of ether oxygens (including phenoxy) is 1. The second-order valence-electron chi connectivity index (χ2n) is 9.78. The number of benzene rings is 2. The monoisotopic (exact) mass is 499 g/mol. The van der Waals surface area contributed by atoms with Crippen LogP contribution < -0.4 is 4.74 Å². The highest BCUT2D eigenvalue weighted by Gasteiger charge is 2.53. The third-order valence-corrected chi connectivity index (χ3v) is 8.63. The Labute approximate surface area is 214 Å². The fourth-order valence-corrected chi connectivity index (χ4v) is 6.33. The Hall–Kier alpha value is -3.45. The molecular weight excluding hydrogens is 470 g/mol. The highest BCUT2D eigenvalue weighted by molar-refractivity contribution is 7.10. The van der Waals surface area contributed by atoms with E-state index in [1.54, 1.807) is 18.4 Å². The molecule has 0 N–H and O–H groups in total. The van der Waals surface area contributed by atoms with Gasteiger partial charge < -0.3 is 14.2 Å². The molecule has 4 aromatic rings. The van der Waals surface area contributed by atoms with Gasteiger partial charge in [-0.15, -0.1) is 11.3 Å². The van der Waals surface area contributed by atoms with E-state index < -0.39 is 0 Å². The van der Waals surface area contributed by atoms with E-state index in [9.17, 15) is 4.79 Å². The van der Waals surface area contributed by atoms with Crippen molar-refractivity contribution in [2.75, 3.05) is 20.2 Å². The SMILES string of the molecule is COc1ccc(C2(C(=O)N3CCC(c4nc(-c5c(-c6ccccc6)noc5C)cs4)CC3)CC2)cc1. The van der Waals surface area contributed by atoms with Crippen molar-refractivity contribution in [3.63, 3.8) is 0 Å². The fourth-order valence-electron chi connectivity index (χ4n) is 5.35. The zero-order valence-electron chi connectivity index (χ0n) is 20.6. The molecule has 36 heavy (non-hydrogen) atoms. The van der Waals surface area contributed by atoms with Gasteiger partial charge in [-0.1, -0.05) is 47.6 Å². The molecule has 6 nitrogen and oxygen atoms in total. The normalized spacial score (nSPS) is 17.2. The Kier molecular flexibility index (Phi) is 5.88. The summed E-state index contributed by atoms with van der Waals surface area (Å²) in [5.74, 6) is 2.24. The molecular formula is C29H29N3O3S. The number of carbonyl (C=O) groups is 1. The minimum atomic E-state index is -0.340. The Morgan fingerprint density at radius 1 is 1.08 bits per heavy atom. The van der Waals surface area contributed by atoms with Crippen LogP contribution in [0, 0.1) is 6.92 Å². The van der Waals surface area contributed by atoms with Crippen molar-refractivity contribution in [2.24, 2.45) is 0 Å². The third-order valence-electron chi connectivity index (χ3n) is 7.62. The number of aromatic nitrogens is 2. The zero-order chi connectivity index (χ0) is 24.7. The smallest absolute Gasteiger partial charge is 0.233 e. The van der Waals surface area contributed by atoms with Gasteiger partial charge in [0.15, 0.2) is 0 Å². The summed E-state index contributed by atoms with van der Waals surface area (Å²) in [5, 5.41) is 7.56. The molecule has 2 aliphatic rings. The molecule has 0 bridgehead atoms. The average Bonchev–Trinajstić information content (AvgIpc) is 3.44. The number of rotatable bonds is 6. The number of likely N-dealkylation sites (tertiary alicyclic amines) is 1. The summed E-state index contributed by atoms with van der Waals surface area (Å²) < 4.78 is 10.8. The fraction of sp³-hybridized carbons (Fsp3) is 0.345. The van der Waals surface area contributed by atoms with E-state index in [-0.39, 0.29) is 11.3 Å². The number of aryl methyl sites for hydroxylation is 1. The van der Waals surface area contributed by atoms with E-state index in [4.69, 9.17) is 14.2 Å². The second kappa shape index (κ2) is 9.21. The molecule has 6 rings (SSSR count). The predicted octanol–water partition coefficient (Wildman–Crippen LogP) is 6.22. The molecule has 184 valence electrons. The molecule has 1 aliphatic heterocycles. The second-order valence-corrected chi connectivity index (χ2v) is 10.7. The lowest BCUT2D eigenvalue weighted by molar-refractivity contribution is -0.135. The molecule has 7 heteroatoms. The molecule has 0 spiro atoms. The first kappa shape index (κ1) is 23.0. The highest BCUT2D eigenvalue weighted by atomic mass is 32.1. The van der Waals surface area contributed by atoms with Crippen LogP contribution >= 0.6 is 11.3 Å². The Balaban J connectivity index is 1.15. The molecule has 0 unspecified atom stereocenters. The molecule has 3 heterocycles. The quantitative estimate of drug-likeness (QED) is 0.315. The zero-order valence-corrected chi connectivity index (χ0v) is 21.4. The summed E-state index contributed by atoms with van der Waals surface area (Å²) in [7, 11) is 1.66. The number of thiazole rings is 1. The average molecular weight is 500 g/mol. The number of nitrogens with zero attached hydrogens (tertiary/aromatic N) is 3. The summed E-state index contributed by atoms with van der Waals surface area (Å²) in [6.07, 6.45) is 3.72. The van der Waals surface area contributed by atoms with Gasteiger partial charge in [-0.2, -0.15) is 0 Å². The van der Waals surface area contributed by atoms with Gasteiger partial charge in [-0.3, -0.25) is 4.79 Å². The first-order valence-electron chi connectivity index (χ1n) is 12.5. The first-order chi connectivity index (χ1) is 17.6. The largest absolute Gasteiger partial charge is 0.497 e. The van der Waals surface area contributed by atoms with Crippen molar-refractivity contribution in [1.29, 1.82) is 0 Å². The molecule has 2 aromatic heterocycles. The summed E-state index contributed by atoms with van der Waals surface area (Å²) in [6.45, 7) is 3.49. The van der Waals surface area contributed by atoms with Crippen LogP contribution in [0.15, 0.2) is 64.5 Å². The van der Waals surface area contributed by atoms with Crippen molar-refractivity contribution in [3.8, 4) is 28.3 Å². The van der Waals surface area contributed by atoms with Gasteiger partial charge in [0.2, 0.25) is 5.91 Å². The maximum atomic E-state index is 13.5. The minimum absolute atomic E-state index is 0.276. The van der Waals surface area contributed by atoms with Crippen molar-refractivity contribution in [2.45, 2.75) is 43.9 Å². The standard InChI is InChI=1S/C29H29N3O3S/c1-19-25(26(31-35-19)20-6-4-3-5-7-20)24-18-36-27(30-24)21-12-16-32(17-13-21)28(33)29(14-15-29)22-8-10-23(34-2)11-9-22/h3-11,18,21H,12-17H2,1-2H3. The summed E-state index contributed by atoms with van der Waals surface area (Å²) in [5.41, 5.74) is 4.51. The maximum absolute atomic E-state index is 13.5. The lowest BCUT2D eigenvalue weighted by Gasteiger charge is -2.34. The summed E-state index contributed by atoms with van der Waals surface area (Å²) >= 11 is 1.70. The topological polar surface area (TPSA) is 68.5 Å². The number of hydrogen-bond donors (Lipinski definition) is 0. The van der Waals surface area contributed by atoms with E-state index in [2.05, 4.69) is 15.4 Å². The third kappa shape index (κ3) is 4.01. The highest BCUT2D eigenvalue weighted by Crippen LogP contribution is 2.50. The summed E-state index contributed by atoms with van der Waals surface area (Å²) in [4.78, 5) is 20.6. The molecule has 1 amide bonds. The Morgan fingerprint density at radius 3 is 2.47 bits per heavy atom. The number of carbonyl (C=O) groups excluding carboxylic acids is 1.